The summed E-state index contributed by atoms with van der Waals surface area (Å²) in [7, 11) is 1.17. The van der Waals surface area contributed by atoms with Crippen molar-refractivity contribution in [3.05, 3.63) is 0 Å². The van der Waals surface area contributed by atoms with Crippen LogP contribution in [0.4, 0.5) is 4.79 Å². The molecule has 2 amide bonds. The van der Waals surface area contributed by atoms with Crippen molar-refractivity contribution in [3.8, 4) is 0 Å². The summed E-state index contributed by atoms with van der Waals surface area (Å²) >= 11 is 0. The predicted molar refractivity (Wildman–Crippen MR) is 54.8 cm³/mol. The molecule has 0 bridgehead atoms. The highest BCUT2D eigenvalue weighted by molar-refractivity contribution is 5.86. The quantitative estimate of drug-likeness (QED) is 0.596. The van der Waals surface area contributed by atoms with Gasteiger partial charge in [0.1, 0.15) is 12.6 Å². The summed E-state index contributed by atoms with van der Waals surface area (Å²) in [5, 5.41) is 13.2. The smallest absolute Gasteiger partial charge is 0.407 e. The van der Waals surface area contributed by atoms with E-state index in [4.69, 9.17) is 5.11 Å². The minimum Gasteiger partial charge on any atom is -0.480 e. The van der Waals surface area contributed by atoms with Gasteiger partial charge in [0, 0.05) is 0 Å². The lowest BCUT2D eigenvalue weighted by Crippen LogP contribution is -2.48. The maximum atomic E-state index is 11.2. The average Bonchev–Trinajstić information content (AvgIpc) is 2.21. The Morgan fingerprint density at radius 2 is 1.88 bits per heavy atom. The van der Waals surface area contributed by atoms with Gasteiger partial charge in [0.15, 0.2) is 0 Å². The lowest BCUT2D eigenvalue weighted by Gasteiger charge is -2.17. The summed E-state index contributed by atoms with van der Waals surface area (Å²) in [5.41, 5.74) is 0. The van der Waals surface area contributed by atoms with Crippen molar-refractivity contribution >= 4 is 18.0 Å². The van der Waals surface area contributed by atoms with Gasteiger partial charge in [-0.1, -0.05) is 13.8 Å². The molecule has 0 saturated heterocycles. The van der Waals surface area contributed by atoms with Crippen LogP contribution in [0.15, 0.2) is 0 Å². The van der Waals surface area contributed by atoms with Gasteiger partial charge in [-0.05, 0) is 5.92 Å². The molecule has 16 heavy (non-hydrogen) atoms. The number of aliphatic carboxylic acids is 1. The third-order valence-electron chi connectivity index (χ3n) is 1.83. The number of carboxylic acids is 1. The molecule has 3 N–H and O–H groups in total. The summed E-state index contributed by atoms with van der Waals surface area (Å²) in [4.78, 5) is 32.6. The number of amides is 2. The number of carbonyl (C=O) groups excluding carboxylic acids is 2. The monoisotopic (exact) mass is 232 g/mol. The Balaban J connectivity index is 4.11. The third-order valence-corrected chi connectivity index (χ3v) is 1.83. The van der Waals surface area contributed by atoms with Gasteiger partial charge in [-0.3, -0.25) is 4.79 Å². The highest BCUT2D eigenvalue weighted by atomic mass is 16.5. The van der Waals surface area contributed by atoms with Crippen molar-refractivity contribution in [1.29, 1.82) is 0 Å². The summed E-state index contributed by atoms with van der Waals surface area (Å²) in [6, 6.07) is -0.966. The molecule has 0 rings (SSSR count). The van der Waals surface area contributed by atoms with Gasteiger partial charge in [-0.25, -0.2) is 9.59 Å². The first-order chi connectivity index (χ1) is 7.38. The molecule has 0 saturated carbocycles. The van der Waals surface area contributed by atoms with Gasteiger partial charge in [0.2, 0.25) is 5.91 Å². The molecule has 0 fully saturated rings. The Labute approximate surface area is 93.2 Å². The maximum Gasteiger partial charge on any atom is 0.407 e. The first kappa shape index (κ1) is 14.2. The van der Waals surface area contributed by atoms with Crippen LogP contribution in [-0.2, 0) is 14.3 Å². The standard InChI is InChI=1S/C9H16N2O5/c1-5(2)7(8(13)14)11-6(12)4-10-9(15)16-3/h5,7H,4H2,1-3H3,(H,10,15)(H,11,12)(H,13,14). The fraction of sp³-hybridized carbons (Fsp3) is 0.667. The molecule has 0 radical (unpaired) electrons. The van der Waals surface area contributed by atoms with Crippen LogP contribution in [0.3, 0.4) is 0 Å². The molecular weight excluding hydrogens is 216 g/mol. The Morgan fingerprint density at radius 1 is 1.31 bits per heavy atom. The Morgan fingerprint density at radius 3 is 2.25 bits per heavy atom. The second-order valence-electron chi connectivity index (χ2n) is 3.47. The fourth-order valence-electron chi connectivity index (χ4n) is 0.963. The zero-order chi connectivity index (χ0) is 12.7. The Bertz CT molecular complexity index is 277. The summed E-state index contributed by atoms with van der Waals surface area (Å²) in [6.07, 6.45) is -0.744. The number of alkyl carbamates (subject to hydrolysis) is 1. The van der Waals surface area contributed by atoms with E-state index in [2.05, 4.69) is 15.4 Å². The number of ether oxygens (including phenoxy) is 1. The van der Waals surface area contributed by atoms with Crippen molar-refractivity contribution in [1.82, 2.24) is 10.6 Å². The van der Waals surface area contributed by atoms with Crippen molar-refractivity contribution in [2.75, 3.05) is 13.7 Å². The molecule has 0 aromatic rings. The van der Waals surface area contributed by atoms with Crippen LogP contribution in [0.2, 0.25) is 0 Å². The largest absolute Gasteiger partial charge is 0.480 e. The van der Waals surface area contributed by atoms with Crippen LogP contribution in [-0.4, -0.2) is 42.8 Å². The third kappa shape index (κ3) is 5.18. The van der Waals surface area contributed by atoms with Gasteiger partial charge in [-0.15, -0.1) is 0 Å². The first-order valence-electron chi connectivity index (χ1n) is 4.72. The maximum absolute atomic E-state index is 11.2. The van der Waals surface area contributed by atoms with Gasteiger partial charge < -0.3 is 20.5 Å². The molecule has 0 heterocycles. The molecule has 1 unspecified atom stereocenters. The molecule has 0 spiro atoms. The van der Waals surface area contributed by atoms with Crippen molar-refractivity contribution in [3.63, 3.8) is 0 Å². The van der Waals surface area contributed by atoms with Crippen LogP contribution in [0.25, 0.3) is 0 Å². The topological polar surface area (TPSA) is 105 Å². The number of rotatable bonds is 5. The minimum absolute atomic E-state index is 0.237. The number of hydrogen-bond acceptors (Lipinski definition) is 4. The first-order valence-corrected chi connectivity index (χ1v) is 4.72. The normalized spacial score (nSPS) is 11.8. The highest BCUT2D eigenvalue weighted by Gasteiger charge is 2.23. The second-order valence-corrected chi connectivity index (χ2v) is 3.47. The van der Waals surface area contributed by atoms with E-state index < -0.39 is 24.0 Å². The van der Waals surface area contributed by atoms with Gasteiger partial charge in [0.25, 0.3) is 0 Å². The van der Waals surface area contributed by atoms with E-state index >= 15 is 0 Å². The van der Waals surface area contributed by atoms with Crippen LogP contribution < -0.4 is 10.6 Å². The van der Waals surface area contributed by atoms with E-state index in [1.807, 2.05) is 0 Å². The van der Waals surface area contributed by atoms with E-state index in [0.29, 0.717) is 0 Å². The van der Waals surface area contributed by atoms with Crippen LogP contribution >= 0.6 is 0 Å². The minimum atomic E-state index is -1.11. The fourth-order valence-corrected chi connectivity index (χ4v) is 0.963. The van der Waals surface area contributed by atoms with Gasteiger partial charge in [0.05, 0.1) is 7.11 Å². The second kappa shape index (κ2) is 6.65. The molecule has 7 heteroatoms. The number of carboxylic acid groups (broad SMARTS) is 1. The van der Waals surface area contributed by atoms with Crippen molar-refractivity contribution < 1.29 is 24.2 Å². The summed E-state index contributed by atoms with van der Waals surface area (Å²) < 4.78 is 4.25. The van der Waals surface area contributed by atoms with Crippen LogP contribution in [0.5, 0.6) is 0 Å². The zero-order valence-electron chi connectivity index (χ0n) is 9.44. The predicted octanol–water partition coefficient (Wildman–Crippen LogP) is -0.432. The van der Waals surface area contributed by atoms with Gasteiger partial charge >= 0.3 is 12.1 Å². The summed E-state index contributed by atoms with van der Waals surface area (Å²) in [6.45, 7) is 3.03. The number of nitrogens with one attached hydrogen (secondary N) is 2. The Kier molecular flexibility index (Phi) is 5.91. The summed E-state index contributed by atoms with van der Waals surface area (Å²) in [5.74, 6) is -1.92. The van der Waals surface area contributed by atoms with E-state index in [1.165, 1.54) is 7.11 Å². The lowest BCUT2D eigenvalue weighted by atomic mass is 10.1. The number of hydrogen-bond donors (Lipinski definition) is 3. The molecule has 0 aliphatic carbocycles. The molecule has 0 aromatic carbocycles. The van der Waals surface area contributed by atoms with Crippen molar-refractivity contribution in [2.24, 2.45) is 5.92 Å². The van der Waals surface area contributed by atoms with Crippen molar-refractivity contribution in [2.45, 2.75) is 19.9 Å². The van der Waals surface area contributed by atoms with Gasteiger partial charge in [-0.2, -0.15) is 0 Å². The molecule has 1 atom stereocenters. The van der Waals surface area contributed by atoms with E-state index in [0.717, 1.165) is 0 Å². The molecule has 7 nitrogen and oxygen atoms in total. The van der Waals surface area contributed by atoms with E-state index in [1.54, 1.807) is 13.8 Å². The zero-order valence-corrected chi connectivity index (χ0v) is 9.44. The SMILES string of the molecule is COC(=O)NCC(=O)NC(C(=O)O)C(C)C. The average molecular weight is 232 g/mol. The molecule has 0 aliphatic rings. The van der Waals surface area contributed by atoms with E-state index in [-0.39, 0.29) is 12.5 Å². The van der Waals surface area contributed by atoms with Crippen LogP contribution in [0.1, 0.15) is 13.8 Å². The van der Waals surface area contributed by atoms with Crippen LogP contribution in [0, 0.1) is 5.92 Å². The van der Waals surface area contributed by atoms with E-state index in [9.17, 15) is 14.4 Å². The molecular formula is C9H16N2O5. The number of methoxy groups -OCH3 is 1. The highest BCUT2D eigenvalue weighted by Crippen LogP contribution is 2.00. The molecule has 0 aromatic heterocycles. The lowest BCUT2D eigenvalue weighted by molar-refractivity contribution is -0.142. The Hall–Kier alpha value is -1.79. The number of carbonyl (C=O) groups is 3. The molecule has 92 valence electrons. The molecule has 0 aliphatic heterocycles.